The van der Waals surface area contributed by atoms with E-state index in [0.29, 0.717) is 22.8 Å². The van der Waals surface area contributed by atoms with Gasteiger partial charge in [-0.25, -0.2) is 19.9 Å². The number of fused-ring (bicyclic) bond motifs is 1. The summed E-state index contributed by atoms with van der Waals surface area (Å²) in [5.41, 5.74) is 2.26. The van der Waals surface area contributed by atoms with Crippen molar-refractivity contribution in [2.75, 3.05) is 10.6 Å². The van der Waals surface area contributed by atoms with E-state index in [-0.39, 0.29) is 12.1 Å². The molecule has 134 valence electrons. The summed E-state index contributed by atoms with van der Waals surface area (Å²) in [5, 5.41) is 16.3. The lowest BCUT2D eigenvalue weighted by Gasteiger charge is -2.26. The number of nitrogens with zero attached hydrogens (tertiary/aromatic N) is 4. The summed E-state index contributed by atoms with van der Waals surface area (Å²) in [6, 6.07) is 8.14. The number of halogens is 1. The topological polar surface area (TPSA) is 95.9 Å². The van der Waals surface area contributed by atoms with Crippen molar-refractivity contribution < 1.29 is 5.11 Å². The second-order valence-corrected chi connectivity index (χ2v) is 7.35. The molecule has 2 aromatic heterocycles. The molecule has 0 amide bonds. The molecule has 1 aliphatic carbocycles. The molecule has 3 aromatic rings. The van der Waals surface area contributed by atoms with Gasteiger partial charge in [0.25, 0.3) is 0 Å². The number of hydrogen-bond donors (Lipinski definition) is 3. The molecule has 8 heteroatoms. The molecule has 1 aliphatic rings. The van der Waals surface area contributed by atoms with Crippen LogP contribution in [0, 0.1) is 0 Å². The predicted octanol–water partition coefficient (Wildman–Crippen LogP) is 3.64. The number of aliphatic hydroxyl groups excluding tert-OH is 1. The van der Waals surface area contributed by atoms with Crippen LogP contribution in [0.25, 0.3) is 11.0 Å². The first-order valence-corrected chi connectivity index (χ1v) is 9.41. The summed E-state index contributed by atoms with van der Waals surface area (Å²) in [7, 11) is 0. The minimum atomic E-state index is -0.181. The Labute approximate surface area is 159 Å². The van der Waals surface area contributed by atoms with Crippen LogP contribution < -0.4 is 10.6 Å². The van der Waals surface area contributed by atoms with Gasteiger partial charge in [-0.1, -0.05) is 22.0 Å². The Balaban J connectivity index is 1.60. The molecule has 0 radical (unpaired) electrons. The van der Waals surface area contributed by atoms with Crippen molar-refractivity contribution >= 4 is 44.4 Å². The minimum absolute atomic E-state index is 0.181. The Morgan fingerprint density at radius 2 is 1.92 bits per heavy atom. The summed E-state index contributed by atoms with van der Waals surface area (Å²) < 4.78 is 0.984. The number of hydrogen-bond acceptors (Lipinski definition) is 7. The van der Waals surface area contributed by atoms with Crippen LogP contribution in [0.15, 0.2) is 41.3 Å². The first-order valence-electron chi connectivity index (χ1n) is 8.62. The van der Waals surface area contributed by atoms with Crippen molar-refractivity contribution in [2.24, 2.45) is 0 Å². The molecule has 2 heterocycles. The molecule has 0 spiro atoms. The van der Waals surface area contributed by atoms with E-state index >= 15 is 0 Å². The standard InChI is InChI=1S/C18H19BrN6O/c19-11-2-1-3-13(8-11)23-17-16-15(21-10-22-17)9-20-18(25-16)24-12-4-6-14(26)7-5-12/h1-3,8-10,12,14,26H,4-7H2,(H,20,24,25)(H,21,22,23). The van der Waals surface area contributed by atoms with E-state index in [1.165, 1.54) is 6.33 Å². The highest BCUT2D eigenvalue weighted by Gasteiger charge is 2.20. The maximum atomic E-state index is 9.64. The number of anilines is 3. The molecule has 0 bridgehead atoms. The molecule has 0 unspecified atom stereocenters. The van der Waals surface area contributed by atoms with E-state index < -0.39 is 0 Å². The average Bonchev–Trinajstić information content (AvgIpc) is 2.64. The highest BCUT2D eigenvalue weighted by molar-refractivity contribution is 9.10. The van der Waals surface area contributed by atoms with Crippen LogP contribution in [0.5, 0.6) is 0 Å². The van der Waals surface area contributed by atoms with Crippen molar-refractivity contribution in [1.82, 2.24) is 19.9 Å². The largest absolute Gasteiger partial charge is 0.393 e. The number of benzene rings is 1. The van der Waals surface area contributed by atoms with Gasteiger partial charge in [0.1, 0.15) is 17.4 Å². The molecule has 1 saturated carbocycles. The molecule has 1 aromatic carbocycles. The van der Waals surface area contributed by atoms with Crippen molar-refractivity contribution in [2.45, 2.75) is 37.8 Å². The van der Waals surface area contributed by atoms with E-state index in [4.69, 9.17) is 0 Å². The average molecular weight is 415 g/mol. The first-order chi connectivity index (χ1) is 12.7. The molecular formula is C18H19BrN6O. The van der Waals surface area contributed by atoms with Gasteiger partial charge in [-0.05, 0) is 43.9 Å². The Morgan fingerprint density at radius 3 is 2.73 bits per heavy atom. The third-order valence-electron chi connectivity index (χ3n) is 4.49. The van der Waals surface area contributed by atoms with Crippen molar-refractivity contribution in [3.05, 3.63) is 41.3 Å². The fraction of sp³-hybridized carbons (Fsp3) is 0.333. The molecule has 0 atom stereocenters. The molecule has 0 aliphatic heterocycles. The van der Waals surface area contributed by atoms with Gasteiger partial charge in [-0.2, -0.15) is 0 Å². The summed E-state index contributed by atoms with van der Waals surface area (Å²) >= 11 is 3.47. The van der Waals surface area contributed by atoms with Crippen LogP contribution >= 0.6 is 15.9 Å². The van der Waals surface area contributed by atoms with Crippen molar-refractivity contribution in [3.63, 3.8) is 0 Å². The van der Waals surface area contributed by atoms with Crippen LogP contribution in [0.4, 0.5) is 17.5 Å². The number of aliphatic hydroxyl groups is 1. The molecule has 0 saturated heterocycles. The highest BCUT2D eigenvalue weighted by Crippen LogP contribution is 2.25. The summed E-state index contributed by atoms with van der Waals surface area (Å²) in [4.78, 5) is 17.6. The Kier molecular flexibility index (Phi) is 4.94. The Morgan fingerprint density at radius 1 is 1.08 bits per heavy atom. The molecule has 3 N–H and O–H groups in total. The quantitative estimate of drug-likeness (QED) is 0.599. The SMILES string of the molecule is OC1CCC(Nc2ncc3ncnc(Nc4cccc(Br)c4)c3n2)CC1. The van der Waals surface area contributed by atoms with E-state index in [1.807, 2.05) is 24.3 Å². The Hall–Kier alpha value is -2.32. The highest BCUT2D eigenvalue weighted by atomic mass is 79.9. The normalized spacial score (nSPS) is 20.1. The molecule has 7 nitrogen and oxygen atoms in total. The van der Waals surface area contributed by atoms with Gasteiger partial charge in [-0.15, -0.1) is 0 Å². The first kappa shape index (κ1) is 17.1. The van der Waals surface area contributed by atoms with Crippen LogP contribution in [-0.2, 0) is 0 Å². The van der Waals surface area contributed by atoms with Gasteiger partial charge >= 0.3 is 0 Å². The molecular weight excluding hydrogens is 396 g/mol. The maximum Gasteiger partial charge on any atom is 0.223 e. The van der Waals surface area contributed by atoms with Crippen LogP contribution in [0.2, 0.25) is 0 Å². The number of nitrogens with one attached hydrogen (secondary N) is 2. The monoisotopic (exact) mass is 414 g/mol. The fourth-order valence-electron chi connectivity index (χ4n) is 3.12. The van der Waals surface area contributed by atoms with Gasteiger partial charge in [0, 0.05) is 16.2 Å². The second-order valence-electron chi connectivity index (χ2n) is 6.43. The van der Waals surface area contributed by atoms with Crippen LogP contribution in [0.3, 0.4) is 0 Å². The molecule has 4 rings (SSSR count). The molecule has 26 heavy (non-hydrogen) atoms. The van der Waals surface area contributed by atoms with E-state index in [0.717, 1.165) is 35.8 Å². The van der Waals surface area contributed by atoms with Crippen LogP contribution in [0.1, 0.15) is 25.7 Å². The van der Waals surface area contributed by atoms with Gasteiger partial charge in [0.05, 0.1) is 12.3 Å². The zero-order valence-electron chi connectivity index (χ0n) is 14.1. The summed E-state index contributed by atoms with van der Waals surface area (Å²) in [6.45, 7) is 0. The zero-order chi connectivity index (χ0) is 17.9. The Bertz CT molecular complexity index is 913. The van der Waals surface area contributed by atoms with Gasteiger partial charge in [-0.3, -0.25) is 0 Å². The van der Waals surface area contributed by atoms with Crippen molar-refractivity contribution in [3.8, 4) is 0 Å². The fourth-order valence-corrected chi connectivity index (χ4v) is 3.52. The third-order valence-corrected chi connectivity index (χ3v) is 4.99. The lowest BCUT2D eigenvalue weighted by molar-refractivity contribution is 0.126. The van der Waals surface area contributed by atoms with Gasteiger partial charge in [0.2, 0.25) is 5.95 Å². The predicted molar refractivity (Wildman–Crippen MR) is 104 cm³/mol. The van der Waals surface area contributed by atoms with Gasteiger partial charge < -0.3 is 15.7 Å². The lowest BCUT2D eigenvalue weighted by atomic mass is 9.93. The molecule has 1 fully saturated rings. The maximum absolute atomic E-state index is 9.64. The summed E-state index contributed by atoms with van der Waals surface area (Å²) in [6.07, 6.45) is 6.47. The van der Waals surface area contributed by atoms with Crippen molar-refractivity contribution in [1.29, 1.82) is 0 Å². The lowest BCUT2D eigenvalue weighted by Crippen LogP contribution is -2.28. The summed E-state index contributed by atoms with van der Waals surface area (Å²) in [5.74, 6) is 1.20. The third kappa shape index (κ3) is 3.91. The van der Waals surface area contributed by atoms with Gasteiger partial charge in [0.15, 0.2) is 5.82 Å². The van der Waals surface area contributed by atoms with E-state index in [9.17, 15) is 5.11 Å². The second kappa shape index (κ2) is 7.51. The van der Waals surface area contributed by atoms with E-state index in [2.05, 4.69) is 46.5 Å². The smallest absolute Gasteiger partial charge is 0.223 e. The minimum Gasteiger partial charge on any atom is -0.393 e. The van der Waals surface area contributed by atoms with Crippen LogP contribution in [-0.4, -0.2) is 37.2 Å². The zero-order valence-corrected chi connectivity index (χ0v) is 15.6. The van der Waals surface area contributed by atoms with E-state index in [1.54, 1.807) is 6.20 Å². The number of rotatable bonds is 4. The number of aromatic nitrogens is 4.